The van der Waals surface area contributed by atoms with Gasteiger partial charge in [0.25, 0.3) is 0 Å². The number of hydrogen-bond donors (Lipinski definition) is 3. The first-order valence-electron chi connectivity index (χ1n) is 31.1. The highest BCUT2D eigenvalue weighted by Gasteiger charge is 2.20. The fourth-order valence-corrected chi connectivity index (χ4v) is 9.73. The van der Waals surface area contributed by atoms with Crippen LogP contribution in [0.5, 0.6) is 0 Å². The first-order chi connectivity index (χ1) is 34.0. The molecule has 1 amide bonds. The quantitative estimate of drug-likeness (QED) is 0.0321. The Hall–Kier alpha value is -1.66. The van der Waals surface area contributed by atoms with Gasteiger partial charge in [0.15, 0.2) is 0 Å². The van der Waals surface area contributed by atoms with Gasteiger partial charge in [-0.25, -0.2) is 0 Å². The third kappa shape index (κ3) is 55.5. The monoisotopic (exact) mass is 972 g/mol. The van der Waals surface area contributed by atoms with E-state index in [0.717, 1.165) is 51.4 Å². The van der Waals surface area contributed by atoms with Crippen LogP contribution in [0.15, 0.2) is 24.3 Å². The number of esters is 1. The van der Waals surface area contributed by atoms with Gasteiger partial charge < -0.3 is 20.3 Å². The molecule has 6 nitrogen and oxygen atoms in total. The van der Waals surface area contributed by atoms with Crippen molar-refractivity contribution in [1.82, 2.24) is 5.32 Å². The molecule has 0 bridgehead atoms. The lowest BCUT2D eigenvalue weighted by atomic mass is 10.0. The van der Waals surface area contributed by atoms with Gasteiger partial charge in [-0.15, -0.1) is 0 Å². The van der Waals surface area contributed by atoms with Crippen molar-refractivity contribution in [3.8, 4) is 0 Å². The number of unbranched alkanes of at least 4 members (excludes halogenated alkanes) is 43. The maximum atomic E-state index is 12.5. The Kier molecular flexibility index (Phi) is 57.5. The van der Waals surface area contributed by atoms with Gasteiger partial charge in [0.1, 0.15) is 0 Å². The lowest BCUT2D eigenvalue weighted by Crippen LogP contribution is -2.45. The summed E-state index contributed by atoms with van der Waals surface area (Å²) in [7, 11) is 0. The highest BCUT2D eigenvalue weighted by atomic mass is 16.5. The average Bonchev–Trinajstić information content (AvgIpc) is 3.35. The molecule has 408 valence electrons. The molecule has 0 aliphatic heterocycles. The van der Waals surface area contributed by atoms with Gasteiger partial charge in [0.05, 0.1) is 25.4 Å². The molecule has 3 N–H and O–H groups in total. The van der Waals surface area contributed by atoms with Gasteiger partial charge in [-0.3, -0.25) is 9.59 Å². The fourth-order valence-electron chi connectivity index (χ4n) is 9.73. The molecule has 0 heterocycles. The molecule has 0 saturated carbocycles. The van der Waals surface area contributed by atoms with E-state index in [2.05, 4.69) is 43.5 Å². The maximum absolute atomic E-state index is 12.5. The zero-order valence-electron chi connectivity index (χ0n) is 46.6. The highest BCUT2D eigenvalue weighted by molar-refractivity contribution is 5.76. The topological polar surface area (TPSA) is 95.9 Å². The van der Waals surface area contributed by atoms with Crippen LogP contribution in [-0.4, -0.2) is 47.4 Å². The average molecular weight is 973 g/mol. The molecule has 0 radical (unpaired) electrons. The number of allylic oxidation sites excluding steroid dienone is 4. The lowest BCUT2D eigenvalue weighted by molar-refractivity contribution is -0.143. The van der Waals surface area contributed by atoms with Crippen LogP contribution < -0.4 is 5.32 Å². The summed E-state index contributed by atoms with van der Waals surface area (Å²) in [4.78, 5) is 24.6. The molecule has 6 heteroatoms. The molecule has 0 spiro atoms. The summed E-state index contributed by atoms with van der Waals surface area (Å²) >= 11 is 0. The Bertz CT molecular complexity index is 1080. The van der Waals surface area contributed by atoms with E-state index in [0.29, 0.717) is 25.9 Å². The number of nitrogens with one attached hydrogen (secondary N) is 1. The first kappa shape index (κ1) is 67.3. The highest BCUT2D eigenvalue weighted by Crippen LogP contribution is 2.18. The second-order valence-electron chi connectivity index (χ2n) is 21.4. The third-order valence-corrected chi connectivity index (χ3v) is 14.5. The summed E-state index contributed by atoms with van der Waals surface area (Å²) in [6.07, 6.45) is 71.8. The van der Waals surface area contributed by atoms with E-state index in [1.54, 1.807) is 0 Å². The number of rotatable bonds is 58. The Morgan fingerprint density at radius 2 is 0.725 bits per heavy atom. The standard InChI is InChI=1S/C63H121NO5/c1-3-5-7-9-11-13-15-17-19-20-21-22-24-28-31-35-39-43-47-51-55-61(66)60(59-65)64-62(67)56-52-48-44-40-36-32-29-25-23-26-30-34-38-42-46-50-54-58-69-63(68)57-53-49-45-41-37-33-27-18-16-14-12-10-8-6-4-2/h12,14,18,27,60-61,65-66H,3-11,13,15-17,19-26,28-59H2,1-2H3,(H,64,67)/b14-12-,27-18-. The molecule has 0 rings (SSSR count). The molecule has 0 aliphatic carbocycles. The van der Waals surface area contributed by atoms with Gasteiger partial charge in [0.2, 0.25) is 5.91 Å². The van der Waals surface area contributed by atoms with E-state index >= 15 is 0 Å². The maximum Gasteiger partial charge on any atom is 0.305 e. The zero-order chi connectivity index (χ0) is 50.0. The molecule has 0 saturated heterocycles. The summed E-state index contributed by atoms with van der Waals surface area (Å²) in [5, 5.41) is 23.4. The number of carbonyl (C=O) groups is 2. The predicted octanol–water partition coefficient (Wildman–Crippen LogP) is 19.4. The van der Waals surface area contributed by atoms with Crippen LogP contribution in [0.1, 0.15) is 341 Å². The normalized spacial score (nSPS) is 12.7. The zero-order valence-corrected chi connectivity index (χ0v) is 46.6. The van der Waals surface area contributed by atoms with Gasteiger partial charge in [-0.05, 0) is 57.8 Å². The van der Waals surface area contributed by atoms with Crippen molar-refractivity contribution >= 4 is 11.9 Å². The molecule has 0 aliphatic rings. The number of amides is 1. The van der Waals surface area contributed by atoms with E-state index < -0.39 is 12.1 Å². The number of aliphatic hydroxyl groups is 2. The molecule has 0 aromatic heterocycles. The molecular weight excluding hydrogens is 851 g/mol. The molecule has 2 atom stereocenters. The van der Waals surface area contributed by atoms with Crippen molar-refractivity contribution in [2.75, 3.05) is 13.2 Å². The van der Waals surface area contributed by atoms with Gasteiger partial charge in [-0.2, -0.15) is 0 Å². The van der Waals surface area contributed by atoms with E-state index in [9.17, 15) is 19.8 Å². The van der Waals surface area contributed by atoms with Crippen molar-refractivity contribution in [2.24, 2.45) is 0 Å². The fraction of sp³-hybridized carbons (Fsp3) is 0.905. The van der Waals surface area contributed by atoms with Crippen LogP contribution in [0.3, 0.4) is 0 Å². The van der Waals surface area contributed by atoms with Crippen molar-refractivity contribution < 1.29 is 24.5 Å². The summed E-state index contributed by atoms with van der Waals surface area (Å²) in [6, 6.07) is -0.547. The third-order valence-electron chi connectivity index (χ3n) is 14.5. The van der Waals surface area contributed by atoms with Crippen molar-refractivity contribution in [3.63, 3.8) is 0 Å². The Morgan fingerprint density at radius 1 is 0.406 bits per heavy atom. The van der Waals surface area contributed by atoms with Crippen LogP contribution >= 0.6 is 0 Å². The van der Waals surface area contributed by atoms with E-state index in [1.807, 2.05) is 0 Å². The van der Waals surface area contributed by atoms with Crippen LogP contribution in [0.25, 0.3) is 0 Å². The minimum Gasteiger partial charge on any atom is -0.466 e. The summed E-state index contributed by atoms with van der Waals surface area (Å²) < 4.78 is 5.47. The molecular formula is C63H121NO5. The van der Waals surface area contributed by atoms with E-state index in [4.69, 9.17) is 4.74 Å². The summed E-state index contributed by atoms with van der Waals surface area (Å²) in [5.41, 5.74) is 0. The number of aliphatic hydroxyl groups excluding tert-OH is 2. The molecule has 0 fully saturated rings. The van der Waals surface area contributed by atoms with Gasteiger partial charge in [0, 0.05) is 12.8 Å². The molecule has 0 aromatic rings. The van der Waals surface area contributed by atoms with Crippen molar-refractivity contribution in [3.05, 3.63) is 24.3 Å². The minimum atomic E-state index is -0.669. The largest absolute Gasteiger partial charge is 0.466 e. The smallest absolute Gasteiger partial charge is 0.305 e. The number of hydrogen-bond acceptors (Lipinski definition) is 5. The lowest BCUT2D eigenvalue weighted by Gasteiger charge is -2.22. The Labute approximate surface area is 431 Å². The minimum absolute atomic E-state index is 0.00789. The van der Waals surface area contributed by atoms with Gasteiger partial charge in [-0.1, -0.05) is 295 Å². The molecule has 0 aromatic carbocycles. The van der Waals surface area contributed by atoms with Crippen LogP contribution in [0, 0.1) is 0 Å². The summed E-state index contributed by atoms with van der Waals surface area (Å²) in [5.74, 6) is -0.0454. The second kappa shape index (κ2) is 58.9. The van der Waals surface area contributed by atoms with E-state index in [-0.39, 0.29) is 18.5 Å². The van der Waals surface area contributed by atoms with Crippen LogP contribution in [0.4, 0.5) is 0 Å². The summed E-state index contributed by atoms with van der Waals surface area (Å²) in [6.45, 7) is 4.93. The van der Waals surface area contributed by atoms with Crippen molar-refractivity contribution in [2.45, 2.75) is 353 Å². The first-order valence-corrected chi connectivity index (χ1v) is 31.1. The predicted molar refractivity (Wildman–Crippen MR) is 301 cm³/mol. The Balaban J connectivity index is 3.42. The van der Waals surface area contributed by atoms with Crippen molar-refractivity contribution in [1.29, 1.82) is 0 Å². The molecule has 2 unspecified atom stereocenters. The number of carbonyl (C=O) groups excluding carboxylic acids is 2. The van der Waals surface area contributed by atoms with Crippen LogP contribution in [-0.2, 0) is 14.3 Å². The number of ether oxygens (including phenoxy) is 1. The van der Waals surface area contributed by atoms with Gasteiger partial charge >= 0.3 is 5.97 Å². The molecule has 69 heavy (non-hydrogen) atoms. The van der Waals surface area contributed by atoms with E-state index in [1.165, 1.54) is 257 Å². The van der Waals surface area contributed by atoms with Crippen LogP contribution in [0.2, 0.25) is 0 Å². The Morgan fingerprint density at radius 3 is 1.13 bits per heavy atom. The SMILES string of the molecule is CCCCC/C=C\C/C=C\CCCCCCCC(=O)OCCCCCCCCCCCCCCCCCCCC(=O)NC(CO)C(O)CCCCCCCCCCCCCCCCCCCCCC. The second-order valence-corrected chi connectivity index (χ2v) is 21.4.